The van der Waals surface area contributed by atoms with Crippen molar-refractivity contribution in [2.75, 3.05) is 23.8 Å². The number of amides is 1. The molecule has 0 aliphatic carbocycles. The van der Waals surface area contributed by atoms with Gasteiger partial charge in [-0.15, -0.1) is 0 Å². The summed E-state index contributed by atoms with van der Waals surface area (Å²) in [6, 6.07) is 6.93. The number of anilines is 1. The summed E-state index contributed by atoms with van der Waals surface area (Å²) in [5.41, 5.74) is 7.14. The van der Waals surface area contributed by atoms with Crippen molar-refractivity contribution in [2.24, 2.45) is 0 Å². The molecule has 1 aliphatic heterocycles. The van der Waals surface area contributed by atoms with Crippen LogP contribution < -0.4 is 5.73 Å². The molecule has 2 rings (SSSR count). The second-order valence-corrected chi connectivity index (χ2v) is 7.23. The highest BCUT2D eigenvalue weighted by Gasteiger charge is 2.29. The molecule has 1 saturated heterocycles. The van der Waals surface area contributed by atoms with Crippen molar-refractivity contribution < 1.29 is 13.2 Å². The van der Waals surface area contributed by atoms with Gasteiger partial charge in [0.15, 0.2) is 9.84 Å². The fourth-order valence-electron chi connectivity index (χ4n) is 2.25. The molecule has 1 heterocycles. The summed E-state index contributed by atoms with van der Waals surface area (Å²) in [7, 11) is -3.01. The molecule has 1 aromatic rings. The van der Waals surface area contributed by atoms with Crippen LogP contribution in [0.5, 0.6) is 0 Å². The molecule has 20 heavy (non-hydrogen) atoms. The molecule has 6 heteroatoms. The molecule has 1 aliphatic rings. The smallest absolute Gasteiger partial charge is 0.246 e. The Bertz CT molecular complexity index is 638. The molecule has 5 nitrogen and oxygen atoms in total. The average Bonchev–Trinajstić information content (AvgIpc) is 2.35. The number of carbonyl (C=O) groups is 1. The van der Waals surface area contributed by atoms with Gasteiger partial charge in [-0.05, 0) is 30.7 Å². The van der Waals surface area contributed by atoms with Crippen LogP contribution in [0.15, 0.2) is 30.3 Å². The molecule has 0 radical (unpaired) electrons. The van der Waals surface area contributed by atoms with E-state index in [2.05, 4.69) is 0 Å². The van der Waals surface area contributed by atoms with E-state index in [1.807, 2.05) is 12.1 Å². The molecule has 1 aromatic carbocycles. The topological polar surface area (TPSA) is 80.5 Å². The zero-order chi connectivity index (χ0) is 14.8. The minimum atomic E-state index is -3.01. The third-order valence-electron chi connectivity index (χ3n) is 3.28. The predicted octanol–water partition coefficient (Wildman–Crippen LogP) is 0.927. The Morgan fingerprint density at radius 3 is 2.85 bits per heavy atom. The van der Waals surface area contributed by atoms with Crippen molar-refractivity contribution in [2.45, 2.75) is 13.0 Å². The van der Waals surface area contributed by atoms with Gasteiger partial charge >= 0.3 is 0 Å². The highest BCUT2D eigenvalue weighted by molar-refractivity contribution is 7.91. The maximum atomic E-state index is 12.1. The van der Waals surface area contributed by atoms with Crippen LogP contribution in [0, 0.1) is 0 Å². The number of hydrogen-bond acceptors (Lipinski definition) is 4. The first-order chi connectivity index (χ1) is 9.37. The molecule has 1 atom stereocenters. The van der Waals surface area contributed by atoms with E-state index in [9.17, 15) is 13.2 Å². The highest BCUT2D eigenvalue weighted by Crippen LogP contribution is 2.13. The van der Waals surface area contributed by atoms with Gasteiger partial charge in [0.25, 0.3) is 0 Å². The summed E-state index contributed by atoms with van der Waals surface area (Å²) in [5.74, 6) is -0.102. The number of carbonyl (C=O) groups excluding carboxylic acids is 1. The molecule has 2 N–H and O–H groups in total. The zero-order valence-corrected chi connectivity index (χ0v) is 12.1. The van der Waals surface area contributed by atoms with Gasteiger partial charge in [0.2, 0.25) is 5.91 Å². The van der Waals surface area contributed by atoms with E-state index in [1.165, 1.54) is 6.08 Å². The van der Waals surface area contributed by atoms with Crippen molar-refractivity contribution >= 4 is 27.5 Å². The molecule has 1 amide bonds. The monoisotopic (exact) mass is 294 g/mol. The maximum Gasteiger partial charge on any atom is 0.246 e. The second kappa shape index (κ2) is 5.66. The van der Waals surface area contributed by atoms with Crippen molar-refractivity contribution in [3.63, 3.8) is 0 Å². The quantitative estimate of drug-likeness (QED) is 0.650. The Morgan fingerprint density at radius 1 is 1.45 bits per heavy atom. The summed E-state index contributed by atoms with van der Waals surface area (Å²) < 4.78 is 23.0. The van der Waals surface area contributed by atoms with Gasteiger partial charge in [0.05, 0.1) is 11.5 Å². The summed E-state index contributed by atoms with van der Waals surface area (Å²) in [6.07, 6.45) is 3.15. The van der Waals surface area contributed by atoms with Crippen LogP contribution >= 0.6 is 0 Å². The fourth-order valence-corrected chi connectivity index (χ4v) is 3.81. The SMILES string of the molecule is CC1CS(=O)(=O)CCN1C(=O)/C=C/c1cccc(N)c1. The first-order valence-electron chi connectivity index (χ1n) is 6.42. The predicted molar refractivity (Wildman–Crippen MR) is 79.7 cm³/mol. The van der Waals surface area contributed by atoms with E-state index < -0.39 is 9.84 Å². The number of nitrogens with two attached hydrogens (primary N) is 1. The molecule has 0 aromatic heterocycles. The lowest BCUT2D eigenvalue weighted by atomic mass is 10.2. The summed E-state index contributed by atoms with van der Waals surface area (Å²) >= 11 is 0. The van der Waals surface area contributed by atoms with Crippen molar-refractivity contribution in [1.82, 2.24) is 4.90 Å². The van der Waals surface area contributed by atoms with Crippen molar-refractivity contribution in [1.29, 1.82) is 0 Å². The lowest BCUT2D eigenvalue weighted by Gasteiger charge is -2.32. The number of nitrogen functional groups attached to an aromatic ring is 1. The van der Waals surface area contributed by atoms with Crippen LogP contribution in [0.1, 0.15) is 12.5 Å². The number of hydrogen-bond donors (Lipinski definition) is 1. The van der Waals surface area contributed by atoms with Gasteiger partial charge in [-0.3, -0.25) is 4.79 Å². The van der Waals surface area contributed by atoms with Gasteiger partial charge in [-0.25, -0.2) is 8.42 Å². The Hall–Kier alpha value is -1.82. The first kappa shape index (κ1) is 14.6. The van der Waals surface area contributed by atoms with E-state index in [0.29, 0.717) is 5.69 Å². The molecule has 1 fully saturated rings. The standard InChI is InChI=1S/C14H18N2O3S/c1-11-10-20(18,19)8-7-16(11)14(17)6-5-12-3-2-4-13(15)9-12/h2-6,9,11H,7-8,10,15H2,1H3/b6-5+. The van der Waals surface area contributed by atoms with E-state index in [1.54, 1.807) is 30.0 Å². The van der Waals surface area contributed by atoms with Gasteiger partial charge in [0, 0.05) is 24.4 Å². The third-order valence-corrected chi connectivity index (χ3v) is 5.08. The van der Waals surface area contributed by atoms with Crippen molar-refractivity contribution in [3.05, 3.63) is 35.9 Å². The van der Waals surface area contributed by atoms with E-state index >= 15 is 0 Å². The van der Waals surface area contributed by atoms with Crippen molar-refractivity contribution in [3.8, 4) is 0 Å². The number of sulfone groups is 1. The minimum Gasteiger partial charge on any atom is -0.399 e. The fraction of sp³-hybridized carbons (Fsp3) is 0.357. The van der Waals surface area contributed by atoms with Crippen LogP contribution in [0.2, 0.25) is 0 Å². The normalized spacial score (nSPS) is 22.1. The van der Waals surface area contributed by atoms with Crippen LogP contribution in [-0.4, -0.2) is 43.3 Å². The molecular weight excluding hydrogens is 276 g/mol. The van der Waals surface area contributed by atoms with Gasteiger partial charge in [0.1, 0.15) is 0 Å². The van der Waals surface area contributed by atoms with Gasteiger partial charge < -0.3 is 10.6 Å². The molecular formula is C14H18N2O3S. The Labute approximate surface area is 119 Å². The number of nitrogens with zero attached hydrogens (tertiary/aromatic N) is 1. The molecule has 0 saturated carbocycles. The molecule has 0 spiro atoms. The number of benzene rings is 1. The van der Waals surface area contributed by atoms with Crippen LogP contribution in [-0.2, 0) is 14.6 Å². The zero-order valence-electron chi connectivity index (χ0n) is 11.3. The van der Waals surface area contributed by atoms with Crippen LogP contribution in [0.4, 0.5) is 5.69 Å². The lowest BCUT2D eigenvalue weighted by molar-refractivity contribution is -0.127. The number of rotatable bonds is 2. The summed E-state index contributed by atoms with van der Waals surface area (Å²) in [6.45, 7) is 2.01. The third kappa shape index (κ3) is 3.60. The van der Waals surface area contributed by atoms with Gasteiger partial charge in [-0.1, -0.05) is 12.1 Å². The summed E-state index contributed by atoms with van der Waals surface area (Å²) in [4.78, 5) is 13.7. The molecule has 1 unspecified atom stereocenters. The van der Waals surface area contributed by atoms with Crippen LogP contribution in [0.3, 0.4) is 0 Å². The average molecular weight is 294 g/mol. The summed E-state index contributed by atoms with van der Waals surface area (Å²) in [5, 5.41) is 0. The highest BCUT2D eigenvalue weighted by atomic mass is 32.2. The van der Waals surface area contributed by atoms with E-state index in [4.69, 9.17) is 5.73 Å². The van der Waals surface area contributed by atoms with E-state index in [-0.39, 0.29) is 30.0 Å². The van der Waals surface area contributed by atoms with Crippen LogP contribution in [0.25, 0.3) is 6.08 Å². The Kier molecular flexibility index (Phi) is 4.13. The van der Waals surface area contributed by atoms with Gasteiger partial charge in [-0.2, -0.15) is 0 Å². The minimum absolute atomic E-state index is 0.0326. The second-order valence-electron chi connectivity index (χ2n) is 5.00. The first-order valence-corrected chi connectivity index (χ1v) is 8.24. The molecule has 0 bridgehead atoms. The lowest BCUT2D eigenvalue weighted by Crippen LogP contribution is -2.49. The Morgan fingerprint density at radius 2 is 2.20 bits per heavy atom. The molecule has 108 valence electrons. The Balaban J connectivity index is 2.05. The van der Waals surface area contributed by atoms with E-state index in [0.717, 1.165) is 5.56 Å². The maximum absolute atomic E-state index is 12.1. The largest absolute Gasteiger partial charge is 0.399 e.